The van der Waals surface area contributed by atoms with Crippen molar-refractivity contribution in [1.82, 2.24) is 4.90 Å². The van der Waals surface area contributed by atoms with Gasteiger partial charge in [-0.05, 0) is 36.9 Å². The lowest BCUT2D eigenvalue weighted by Crippen LogP contribution is -2.17. The van der Waals surface area contributed by atoms with Crippen LogP contribution in [0, 0.1) is 0 Å². The highest BCUT2D eigenvalue weighted by atomic mass is 19.4. The number of ether oxygens (including phenoxy) is 1. The van der Waals surface area contributed by atoms with Gasteiger partial charge in [0.2, 0.25) is 5.76 Å². The minimum absolute atomic E-state index is 0.116. The topological polar surface area (TPSA) is 42.7 Å². The zero-order valence-electron chi connectivity index (χ0n) is 12.7. The van der Waals surface area contributed by atoms with E-state index < -0.39 is 17.7 Å². The van der Waals surface area contributed by atoms with E-state index in [1.807, 2.05) is 4.90 Å². The standard InChI is InChI=1S/C16H16F3NO3/c1-20(10-13-7-8-14(23-13)15(21)22-2)9-11-3-5-12(6-4-11)16(17,18)19/h3-8H,9-10H2,1-2H3. The molecule has 23 heavy (non-hydrogen) atoms. The van der Waals surface area contributed by atoms with Crippen LogP contribution in [-0.4, -0.2) is 25.0 Å². The number of alkyl halides is 3. The number of halogens is 3. The van der Waals surface area contributed by atoms with Crippen molar-refractivity contribution in [3.63, 3.8) is 0 Å². The second-order valence-corrected chi connectivity index (χ2v) is 5.12. The average molecular weight is 327 g/mol. The Balaban J connectivity index is 1.95. The maximum atomic E-state index is 12.5. The first-order valence-corrected chi connectivity index (χ1v) is 6.81. The molecule has 4 nitrogen and oxygen atoms in total. The molecule has 0 aliphatic heterocycles. The lowest BCUT2D eigenvalue weighted by molar-refractivity contribution is -0.137. The van der Waals surface area contributed by atoms with Crippen molar-refractivity contribution in [2.75, 3.05) is 14.2 Å². The first-order chi connectivity index (χ1) is 10.8. The van der Waals surface area contributed by atoms with Crippen LogP contribution >= 0.6 is 0 Å². The Morgan fingerprint density at radius 1 is 1.13 bits per heavy atom. The summed E-state index contributed by atoms with van der Waals surface area (Å²) in [6, 6.07) is 8.20. The zero-order valence-corrected chi connectivity index (χ0v) is 12.7. The molecule has 0 fully saturated rings. The third-order valence-corrected chi connectivity index (χ3v) is 3.21. The van der Waals surface area contributed by atoms with Crippen LogP contribution in [0.5, 0.6) is 0 Å². The van der Waals surface area contributed by atoms with Crippen molar-refractivity contribution < 1.29 is 27.1 Å². The predicted octanol–water partition coefficient (Wildman–Crippen LogP) is 3.72. The van der Waals surface area contributed by atoms with Crippen LogP contribution < -0.4 is 0 Å². The zero-order chi connectivity index (χ0) is 17.0. The second kappa shape index (κ2) is 6.87. The molecular weight excluding hydrogens is 311 g/mol. The van der Waals surface area contributed by atoms with E-state index in [0.717, 1.165) is 17.7 Å². The van der Waals surface area contributed by atoms with Crippen molar-refractivity contribution in [3.05, 3.63) is 59.0 Å². The normalized spacial score (nSPS) is 11.7. The fourth-order valence-electron chi connectivity index (χ4n) is 2.11. The number of hydrogen-bond donors (Lipinski definition) is 0. The molecule has 0 atom stereocenters. The van der Waals surface area contributed by atoms with Gasteiger partial charge in [0.25, 0.3) is 0 Å². The number of furan rings is 1. The third-order valence-electron chi connectivity index (χ3n) is 3.21. The van der Waals surface area contributed by atoms with Crippen LogP contribution in [0.2, 0.25) is 0 Å². The van der Waals surface area contributed by atoms with Gasteiger partial charge in [-0.2, -0.15) is 13.2 Å². The molecule has 1 aromatic heterocycles. The van der Waals surface area contributed by atoms with Crippen molar-refractivity contribution in [1.29, 1.82) is 0 Å². The SMILES string of the molecule is COC(=O)c1ccc(CN(C)Cc2ccc(C(F)(F)F)cc2)o1. The number of rotatable bonds is 5. The molecule has 0 spiro atoms. The Morgan fingerprint density at radius 3 is 2.35 bits per heavy atom. The highest BCUT2D eigenvalue weighted by Crippen LogP contribution is 2.29. The maximum Gasteiger partial charge on any atom is 0.416 e. The van der Waals surface area contributed by atoms with Gasteiger partial charge < -0.3 is 9.15 Å². The molecular formula is C16H16F3NO3. The molecule has 2 rings (SSSR count). The Labute approximate surface area is 131 Å². The molecule has 0 unspecified atom stereocenters. The summed E-state index contributed by atoms with van der Waals surface area (Å²) < 4.78 is 47.4. The van der Waals surface area contributed by atoms with Gasteiger partial charge >= 0.3 is 12.1 Å². The number of carbonyl (C=O) groups excluding carboxylic acids is 1. The largest absolute Gasteiger partial charge is 0.463 e. The number of carbonyl (C=O) groups is 1. The number of benzene rings is 1. The van der Waals surface area contributed by atoms with E-state index in [0.29, 0.717) is 18.8 Å². The predicted molar refractivity (Wildman–Crippen MR) is 76.7 cm³/mol. The smallest absolute Gasteiger partial charge is 0.416 e. The summed E-state index contributed by atoms with van der Waals surface area (Å²) in [5.41, 5.74) is 0.0814. The molecule has 0 saturated carbocycles. The molecule has 0 aliphatic rings. The molecule has 1 heterocycles. The number of esters is 1. The minimum atomic E-state index is -4.33. The Kier molecular flexibility index (Phi) is 5.10. The van der Waals surface area contributed by atoms with E-state index in [4.69, 9.17) is 4.42 Å². The summed E-state index contributed by atoms with van der Waals surface area (Å²) in [6.45, 7) is 0.865. The molecule has 1 aromatic carbocycles. The lowest BCUT2D eigenvalue weighted by atomic mass is 10.1. The van der Waals surface area contributed by atoms with Crippen molar-refractivity contribution >= 4 is 5.97 Å². The van der Waals surface area contributed by atoms with Gasteiger partial charge in [0.15, 0.2) is 0 Å². The summed E-state index contributed by atoms with van der Waals surface area (Å²) >= 11 is 0. The molecule has 0 saturated heterocycles. The Morgan fingerprint density at radius 2 is 1.78 bits per heavy atom. The first-order valence-electron chi connectivity index (χ1n) is 6.81. The summed E-state index contributed by atoms with van der Waals surface area (Å²) in [5.74, 6) is 0.131. The average Bonchev–Trinajstić information content (AvgIpc) is 2.94. The Hall–Kier alpha value is -2.28. The molecule has 124 valence electrons. The number of nitrogens with zero attached hydrogens (tertiary/aromatic N) is 1. The van der Waals surface area contributed by atoms with Crippen molar-refractivity contribution in [2.45, 2.75) is 19.3 Å². The number of methoxy groups -OCH3 is 1. The van der Waals surface area contributed by atoms with Crippen molar-refractivity contribution in [2.24, 2.45) is 0 Å². The van der Waals surface area contributed by atoms with Gasteiger partial charge in [0.1, 0.15) is 5.76 Å². The Bertz CT molecular complexity index is 662. The van der Waals surface area contributed by atoms with Crippen LogP contribution in [0.3, 0.4) is 0 Å². The molecule has 0 aliphatic carbocycles. The monoisotopic (exact) mass is 327 g/mol. The number of hydrogen-bond acceptors (Lipinski definition) is 4. The quantitative estimate of drug-likeness (QED) is 0.785. The molecule has 0 bridgehead atoms. The van der Waals surface area contributed by atoms with Crippen LogP contribution in [0.25, 0.3) is 0 Å². The van der Waals surface area contributed by atoms with E-state index in [1.165, 1.54) is 25.3 Å². The van der Waals surface area contributed by atoms with E-state index in [-0.39, 0.29) is 5.76 Å². The van der Waals surface area contributed by atoms with Gasteiger partial charge in [-0.15, -0.1) is 0 Å². The van der Waals surface area contributed by atoms with Gasteiger partial charge in [0.05, 0.1) is 19.2 Å². The molecule has 7 heteroatoms. The van der Waals surface area contributed by atoms with Gasteiger partial charge in [0, 0.05) is 6.54 Å². The summed E-state index contributed by atoms with van der Waals surface area (Å²) in [4.78, 5) is 13.2. The molecule has 0 amide bonds. The maximum absolute atomic E-state index is 12.5. The van der Waals surface area contributed by atoms with Crippen molar-refractivity contribution in [3.8, 4) is 0 Å². The fourth-order valence-corrected chi connectivity index (χ4v) is 2.11. The van der Waals surface area contributed by atoms with Gasteiger partial charge in [-0.25, -0.2) is 4.79 Å². The molecule has 0 N–H and O–H groups in total. The van der Waals surface area contributed by atoms with Gasteiger partial charge in [-0.1, -0.05) is 12.1 Å². The highest BCUT2D eigenvalue weighted by molar-refractivity contribution is 5.86. The molecule has 2 aromatic rings. The molecule has 0 radical (unpaired) electrons. The lowest BCUT2D eigenvalue weighted by Gasteiger charge is -2.15. The van der Waals surface area contributed by atoms with E-state index in [2.05, 4.69) is 4.74 Å². The van der Waals surface area contributed by atoms with Crippen LogP contribution in [0.1, 0.15) is 27.4 Å². The fraction of sp³-hybridized carbons (Fsp3) is 0.312. The summed E-state index contributed by atoms with van der Waals surface area (Å²) in [7, 11) is 3.07. The van der Waals surface area contributed by atoms with Gasteiger partial charge in [-0.3, -0.25) is 4.90 Å². The summed E-state index contributed by atoms with van der Waals surface area (Å²) in [5, 5.41) is 0. The van der Waals surface area contributed by atoms with E-state index in [9.17, 15) is 18.0 Å². The van der Waals surface area contributed by atoms with Crippen LogP contribution in [0.15, 0.2) is 40.8 Å². The second-order valence-electron chi connectivity index (χ2n) is 5.12. The highest BCUT2D eigenvalue weighted by Gasteiger charge is 2.29. The van der Waals surface area contributed by atoms with E-state index >= 15 is 0 Å². The van der Waals surface area contributed by atoms with E-state index in [1.54, 1.807) is 13.1 Å². The third kappa shape index (κ3) is 4.59. The summed E-state index contributed by atoms with van der Waals surface area (Å²) in [6.07, 6.45) is -4.33. The minimum Gasteiger partial charge on any atom is -0.463 e. The van der Waals surface area contributed by atoms with Crippen LogP contribution in [0.4, 0.5) is 13.2 Å². The van der Waals surface area contributed by atoms with Crippen LogP contribution in [-0.2, 0) is 24.0 Å². The first kappa shape index (κ1) is 17.1.